The van der Waals surface area contributed by atoms with Gasteiger partial charge in [0.25, 0.3) is 15.7 Å². The number of para-hydroxylation sites is 1. The zero-order valence-corrected chi connectivity index (χ0v) is 17.3. The van der Waals surface area contributed by atoms with Crippen LogP contribution in [0.2, 0.25) is 5.02 Å². The number of hydrogen-bond donors (Lipinski definition) is 2. The van der Waals surface area contributed by atoms with Gasteiger partial charge in [-0.1, -0.05) is 41.9 Å². The van der Waals surface area contributed by atoms with E-state index in [4.69, 9.17) is 11.6 Å². The smallest absolute Gasteiger partial charge is 0.273 e. The van der Waals surface area contributed by atoms with Crippen LogP contribution >= 0.6 is 11.6 Å². The Kier molecular flexibility index (Phi) is 6.52. The van der Waals surface area contributed by atoms with Gasteiger partial charge < -0.3 is 5.32 Å². The first-order valence-electron chi connectivity index (χ1n) is 8.76. The maximum Gasteiger partial charge on any atom is 0.273 e. The maximum atomic E-state index is 13.9. The fourth-order valence-corrected chi connectivity index (χ4v) is 4.11. The number of anilines is 2. The number of hydrogen-bond acceptors (Lipinski definition) is 5. The van der Waals surface area contributed by atoms with Crippen molar-refractivity contribution in [3.63, 3.8) is 0 Å². The molecule has 0 atom stereocenters. The van der Waals surface area contributed by atoms with Crippen molar-refractivity contribution in [2.75, 3.05) is 10.0 Å². The van der Waals surface area contributed by atoms with Crippen LogP contribution in [0.4, 0.5) is 21.5 Å². The average Bonchev–Trinajstić information content (AvgIpc) is 2.70. The van der Waals surface area contributed by atoms with Crippen molar-refractivity contribution in [1.29, 1.82) is 0 Å². The number of nitro groups is 1. The van der Waals surface area contributed by atoms with Gasteiger partial charge >= 0.3 is 0 Å². The number of nitro benzene ring substituents is 1. The first-order chi connectivity index (χ1) is 14.7. The molecule has 3 rings (SSSR count). The van der Waals surface area contributed by atoms with Gasteiger partial charge in [0.2, 0.25) is 5.91 Å². The highest BCUT2D eigenvalue weighted by Crippen LogP contribution is 2.29. The van der Waals surface area contributed by atoms with E-state index in [2.05, 4.69) is 10.0 Å². The second kappa shape index (κ2) is 9.11. The lowest BCUT2D eigenvalue weighted by molar-refractivity contribution is -0.385. The van der Waals surface area contributed by atoms with Crippen molar-refractivity contribution in [2.45, 2.75) is 11.3 Å². The highest BCUT2D eigenvalue weighted by atomic mass is 35.5. The summed E-state index contributed by atoms with van der Waals surface area (Å²) >= 11 is 5.96. The van der Waals surface area contributed by atoms with Crippen molar-refractivity contribution in [2.24, 2.45) is 0 Å². The summed E-state index contributed by atoms with van der Waals surface area (Å²) in [7, 11) is -4.30. The molecule has 0 heterocycles. The predicted molar refractivity (Wildman–Crippen MR) is 114 cm³/mol. The van der Waals surface area contributed by atoms with Crippen molar-refractivity contribution in [3.8, 4) is 0 Å². The first kappa shape index (κ1) is 22.2. The van der Waals surface area contributed by atoms with E-state index in [-0.39, 0.29) is 34.1 Å². The van der Waals surface area contributed by atoms with Gasteiger partial charge in [-0.05, 0) is 30.3 Å². The fraction of sp³-hybridized carbons (Fsp3) is 0.0500. The molecule has 0 aliphatic carbocycles. The largest absolute Gasteiger partial charge is 0.324 e. The SMILES string of the molecule is O=C(Cc1ccccc1[N+](=O)[O-])Nc1cc(Cl)ccc1NS(=O)(=O)c1ccccc1F. The van der Waals surface area contributed by atoms with Gasteiger partial charge in [0.15, 0.2) is 0 Å². The third-order valence-electron chi connectivity index (χ3n) is 4.17. The van der Waals surface area contributed by atoms with Crippen LogP contribution in [0.5, 0.6) is 0 Å². The predicted octanol–water partition coefficient (Wildman–Crippen LogP) is 4.37. The molecular weight excluding hydrogens is 449 g/mol. The van der Waals surface area contributed by atoms with Crippen molar-refractivity contribution in [3.05, 3.63) is 93.2 Å². The van der Waals surface area contributed by atoms with Crippen LogP contribution in [0.25, 0.3) is 0 Å². The number of halogens is 2. The van der Waals surface area contributed by atoms with Crippen LogP contribution in [-0.2, 0) is 21.2 Å². The molecule has 0 aliphatic rings. The standard InChI is InChI=1S/C20H15ClFN3O5S/c21-14-9-10-16(24-31(29,30)19-8-4-2-6-15(19)22)17(12-14)23-20(26)11-13-5-1-3-7-18(13)25(27)28/h1-10,12,24H,11H2,(H,23,26). The van der Waals surface area contributed by atoms with Crippen LogP contribution in [0.15, 0.2) is 71.6 Å². The minimum atomic E-state index is -4.30. The number of nitrogens with one attached hydrogen (secondary N) is 2. The lowest BCUT2D eigenvalue weighted by Crippen LogP contribution is -2.19. The molecule has 3 aromatic rings. The minimum absolute atomic E-state index is 0.0102. The highest BCUT2D eigenvalue weighted by molar-refractivity contribution is 7.92. The average molecular weight is 464 g/mol. The quantitative estimate of drug-likeness (QED) is 0.398. The molecule has 0 fully saturated rings. The Morgan fingerprint density at radius 3 is 2.42 bits per heavy atom. The molecule has 0 radical (unpaired) electrons. The molecule has 0 saturated carbocycles. The van der Waals surface area contributed by atoms with Crippen LogP contribution in [0.1, 0.15) is 5.56 Å². The monoisotopic (exact) mass is 463 g/mol. The van der Waals surface area contributed by atoms with E-state index < -0.39 is 31.6 Å². The second-order valence-electron chi connectivity index (χ2n) is 6.34. The summed E-state index contributed by atoms with van der Waals surface area (Å²) < 4.78 is 41.3. The van der Waals surface area contributed by atoms with Gasteiger partial charge in [-0.15, -0.1) is 0 Å². The Morgan fingerprint density at radius 2 is 1.71 bits per heavy atom. The molecule has 0 spiro atoms. The molecular formula is C20H15ClFN3O5S. The number of amides is 1. The number of rotatable bonds is 7. The van der Waals surface area contributed by atoms with E-state index in [0.717, 1.165) is 12.1 Å². The molecule has 160 valence electrons. The summed E-state index contributed by atoms with van der Waals surface area (Å²) in [5, 5.41) is 13.8. The molecule has 0 aromatic heterocycles. The first-order valence-corrected chi connectivity index (χ1v) is 10.6. The third-order valence-corrected chi connectivity index (χ3v) is 5.80. The molecule has 8 nitrogen and oxygen atoms in total. The zero-order chi connectivity index (χ0) is 22.6. The molecule has 31 heavy (non-hydrogen) atoms. The van der Waals surface area contributed by atoms with E-state index in [1.165, 1.54) is 48.5 Å². The van der Waals surface area contributed by atoms with Gasteiger partial charge in [0, 0.05) is 16.7 Å². The Labute approximate surface area is 181 Å². The lowest BCUT2D eigenvalue weighted by Gasteiger charge is -2.14. The van der Waals surface area contributed by atoms with Gasteiger partial charge in [0.1, 0.15) is 10.7 Å². The summed E-state index contributed by atoms with van der Waals surface area (Å²) in [6.45, 7) is 0. The highest BCUT2D eigenvalue weighted by Gasteiger charge is 2.21. The molecule has 1 amide bonds. The number of nitrogens with zero attached hydrogens (tertiary/aromatic N) is 1. The Hall–Kier alpha value is -3.50. The Balaban J connectivity index is 1.86. The summed E-state index contributed by atoms with van der Waals surface area (Å²) in [6.07, 6.45) is -0.330. The van der Waals surface area contributed by atoms with Crippen LogP contribution in [0.3, 0.4) is 0 Å². The van der Waals surface area contributed by atoms with Gasteiger partial charge in [-0.2, -0.15) is 0 Å². The van der Waals surface area contributed by atoms with Gasteiger partial charge in [-0.25, -0.2) is 12.8 Å². The van der Waals surface area contributed by atoms with Crippen LogP contribution in [0, 0.1) is 15.9 Å². The number of benzene rings is 3. The van der Waals surface area contributed by atoms with E-state index >= 15 is 0 Å². The molecule has 0 aliphatic heterocycles. The van der Waals surface area contributed by atoms with Crippen molar-refractivity contribution >= 4 is 44.6 Å². The molecule has 0 saturated heterocycles. The van der Waals surface area contributed by atoms with Gasteiger partial charge in [-0.3, -0.25) is 19.6 Å². The zero-order valence-electron chi connectivity index (χ0n) is 15.7. The summed E-state index contributed by atoms with van der Waals surface area (Å²) in [4.78, 5) is 22.5. The molecule has 11 heteroatoms. The fourth-order valence-electron chi connectivity index (χ4n) is 2.78. The minimum Gasteiger partial charge on any atom is -0.324 e. The van der Waals surface area contributed by atoms with Crippen molar-refractivity contribution < 1.29 is 22.5 Å². The van der Waals surface area contributed by atoms with E-state index in [0.29, 0.717) is 0 Å². The van der Waals surface area contributed by atoms with Crippen molar-refractivity contribution in [1.82, 2.24) is 0 Å². The third kappa shape index (κ3) is 5.36. The summed E-state index contributed by atoms with van der Waals surface area (Å²) in [6, 6.07) is 14.6. The normalized spacial score (nSPS) is 11.0. The van der Waals surface area contributed by atoms with E-state index in [1.807, 2.05) is 0 Å². The molecule has 0 unspecified atom stereocenters. The van der Waals surface area contributed by atoms with Gasteiger partial charge in [0.05, 0.1) is 22.7 Å². The number of carbonyl (C=O) groups is 1. The Bertz CT molecular complexity index is 1270. The molecule has 0 bridgehead atoms. The second-order valence-corrected chi connectivity index (χ2v) is 8.42. The number of sulfonamides is 1. The summed E-state index contributed by atoms with van der Waals surface area (Å²) in [5.74, 6) is -1.58. The maximum absolute atomic E-state index is 13.9. The molecule has 2 N–H and O–H groups in total. The topological polar surface area (TPSA) is 118 Å². The van der Waals surface area contributed by atoms with E-state index in [9.17, 15) is 27.7 Å². The van der Waals surface area contributed by atoms with Crippen LogP contribution in [-0.4, -0.2) is 19.2 Å². The number of carbonyl (C=O) groups excluding carboxylic acids is 1. The van der Waals surface area contributed by atoms with Crippen LogP contribution < -0.4 is 10.0 Å². The van der Waals surface area contributed by atoms with E-state index in [1.54, 1.807) is 6.07 Å². The molecule has 3 aromatic carbocycles. The Morgan fingerprint density at radius 1 is 1.03 bits per heavy atom. The summed E-state index contributed by atoms with van der Waals surface area (Å²) in [5.41, 5.74) is -0.0794. The lowest BCUT2D eigenvalue weighted by atomic mass is 10.1.